The minimum absolute atomic E-state index is 0. The van der Waals surface area contributed by atoms with Crippen LogP contribution in [0.15, 0.2) is 206 Å². The summed E-state index contributed by atoms with van der Waals surface area (Å²) in [6.07, 6.45) is 14.9. The topological polar surface area (TPSA) is 0 Å². The summed E-state index contributed by atoms with van der Waals surface area (Å²) in [5.41, 5.74) is 7.47. The third-order valence-corrected chi connectivity index (χ3v) is 19.7. The first-order valence-electron chi connectivity index (χ1n) is 21.5. The fraction of sp³-hybridized carbons (Fsp3) is 0.0820. The van der Waals surface area contributed by atoms with Crippen molar-refractivity contribution in [3.63, 3.8) is 0 Å². The zero-order chi connectivity index (χ0) is 43.7. The summed E-state index contributed by atoms with van der Waals surface area (Å²) in [6, 6.07) is 73.1. The van der Waals surface area contributed by atoms with E-state index in [1.165, 1.54) is 28.2 Å². The molecule has 0 unspecified atom stereocenters. The molecule has 0 aromatic heterocycles. The van der Waals surface area contributed by atoms with Gasteiger partial charge in [-0.05, 0) is 108 Å². The molecule has 0 fully saturated rings. The molecular weight excluding hydrogens is 1190 g/mol. The second-order valence-corrected chi connectivity index (χ2v) is 21.5. The van der Waals surface area contributed by atoms with Gasteiger partial charge in [0.2, 0.25) is 0 Å². The van der Waals surface area contributed by atoms with Gasteiger partial charge in [-0.3, -0.25) is 11.8 Å². The van der Waals surface area contributed by atoms with Crippen molar-refractivity contribution >= 4 is 80.2 Å². The van der Waals surface area contributed by atoms with Gasteiger partial charge in [0, 0.05) is 0 Å². The molecule has 0 saturated carbocycles. The standard InChI is InChI=1S/C29H30P2.2C16H9.2Au/c1-22-13-5-9-17-26(22)30(27-18-10-6-14-23(27)2)21-31(28-19-11-7-15-24(28)3)29-20-12-8-16-25(29)4;2*1-2-14-15-9-5-3-7-12(15)11-13-8-4-6-10-16(13)14;;/h5-20H,21H2,1-4H3;2*3-11H;;/q;2*-1;2*+1/p+2. The Bertz CT molecular complexity index is 2900. The fourth-order valence-electron chi connectivity index (χ4n) is 8.79. The number of benzene rings is 10. The van der Waals surface area contributed by atoms with Gasteiger partial charge in [-0.15, -0.1) is 11.1 Å². The maximum atomic E-state index is 7.46. The van der Waals surface area contributed by atoms with Gasteiger partial charge in [0.1, 0.15) is 37.1 Å². The van der Waals surface area contributed by atoms with E-state index in [-0.39, 0.29) is 44.8 Å². The van der Waals surface area contributed by atoms with Crippen LogP contribution in [-0.2, 0) is 44.8 Å². The summed E-state index contributed by atoms with van der Waals surface area (Å²) in [6.45, 7) is 9.14. The normalized spacial score (nSPS) is 10.5. The number of rotatable bonds is 6. The van der Waals surface area contributed by atoms with Crippen LogP contribution in [0.4, 0.5) is 0 Å². The molecule has 0 aliphatic rings. The zero-order valence-electron chi connectivity index (χ0n) is 36.9. The maximum absolute atomic E-state index is 7.46. The third-order valence-electron chi connectivity index (χ3n) is 12.0. The van der Waals surface area contributed by atoms with E-state index in [1.54, 1.807) is 21.2 Å². The van der Waals surface area contributed by atoms with Crippen LogP contribution in [0, 0.1) is 52.4 Å². The number of hydrogen-bond acceptors (Lipinski definition) is 0. The van der Waals surface area contributed by atoms with Crippen LogP contribution in [0.3, 0.4) is 0 Å². The van der Waals surface area contributed by atoms with Gasteiger partial charge in [0.05, 0.1) is 0 Å². The van der Waals surface area contributed by atoms with E-state index >= 15 is 0 Å². The molecule has 0 aliphatic heterocycles. The smallest absolute Gasteiger partial charge is 0.366 e. The van der Waals surface area contributed by atoms with Crippen LogP contribution in [0.2, 0.25) is 0 Å². The monoisotopic (exact) mass is 1240 g/mol. The number of hydrogen-bond donors (Lipinski definition) is 0. The molecule has 324 valence electrons. The quantitative estimate of drug-likeness (QED) is 0.0512. The Morgan fingerprint density at radius 2 is 0.538 bits per heavy atom. The Labute approximate surface area is 419 Å². The molecule has 0 amide bonds. The van der Waals surface area contributed by atoms with E-state index in [0.717, 1.165) is 54.2 Å². The molecule has 0 spiro atoms. The summed E-state index contributed by atoms with van der Waals surface area (Å²) in [7, 11) is -1.88. The minimum atomic E-state index is -0.941. The molecule has 0 saturated heterocycles. The van der Waals surface area contributed by atoms with Gasteiger partial charge in [0.25, 0.3) is 0 Å². The summed E-state index contributed by atoms with van der Waals surface area (Å²) in [5.74, 6) is 6.38. The molecule has 0 bridgehead atoms. The van der Waals surface area contributed by atoms with Crippen molar-refractivity contribution in [2.24, 2.45) is 0 Å². The molecule has 4 heteroatoms. The predicted molar refractivity (Wildman–Crippen MR) is 280 cm³/mol. The van der Waals surface area contributed by atoms with Crippen LogP contribution in [0.25, 0.3) is 43.1 Å². The first-order chi connectivity index (χ1) is 30.9. The Morgan fingerprint density at radius 1 is 0.323 bits per heavy atom. The van der Waals surface area contributed by atoms with Crippen LogP contribution in [0.5, 0.6) is 0 Å². The van der Waals surface area contributed by atoms with E-state index in [2.05, 4.69) is 173 Å². The molecule has 10 rings (SSSR count). The SMILES string of the molecule is Cc1ccccc1[PH+](C[PH+](c1ccccc1C)c1ccccc1C)c1ccccc1C.[Au+].[Au+].[C-]#Cc1c2ccccc2cc2ccccc12.[C-]#Cc1c2ccccc2cc2ccccc12. The van der Waals surface area contributed by atoms with Gasteiger partial charge in [-0.1, -0.05) is 191 Å². The molecular formula is C61H50Au2P2+2. The Hall–Kier alpha value is -5.30. The number of fused-ring (bicyclic) bond motifs is 4. The summed E-state index contributed by atoms with van der Waals surface area (Å²) >= 11 is 0. The molecule has 10 aromatic carbocycles. The number of aryl methyl sites for hydroxylation is 4. The molecule has 10 aromatic rings. The van der Waals surface area contributed by atoms with Crippen LogP contribution < -0.4 is 21.2 Å². The zero-order valence-corrected chi connectivity index (χ0v) is 43.3. The van der Waals surface area contributed by atoms with E-state index in [0.29, 0.717) is 0 Å². The van der Waals surface area contributed by atoms with Crippen molar-refractivity contribution < 1.29 is 44.8 Å². The molecule has 0 radical (unpaired) electrons. The summed E-state index contributed by atoms with van der Waals surface area (Å²) < 4.78 is 0. The van der Waals surface area contributed by atoms with Gasteiger partial charge in [-0.2, -0.15) is 0 Å². The van der Waals surface area contributed by atoms with Crippen molar-refractivity contribution in [3.8, 4) is 11.8 Å². The fourth-order valence-corrected chi connectivity index (χ4v) is 17.3. The molecule has 0 N–H and O–H groups in total. The predicted octanol–water partition coefficient (Wildman–Crippen LogP) is 13.8. The van der Waals surface area contributed by atoms with Crippen LogP contribution in [-0.4, -0.2) is 5.90 Å². The average molecular weight is 1240 g/mol. The first kappa shape index (κ1) is 49.1. The Morgan fingerprint density at radius 3 is 0.769 bits per heavy atom. The van der Waals surface area contributed by atoms with Gasteiger partial charge < -0.3 is 12.8 Å². The van der Waals surface area contributed by atoms with Gasteiger partial charge in [0.15, 0.2) is 5.90 Å². The van der Waals surface area contributed by atoms with Crippen molar-refractivity contribution in [1.29, 1.82) is 0 Å². The minimum Gasteiger partial charge on any atom is -0.366 e. The van der Waals surface area contributed by atoms with Gasteiger partial charge >= 0.3 is 44.8 Å². The summed E-state index contributed by atoms with van der Waals surface area (Å²) in [4.78, 5) is 0. The molecule has 0 nitrogen and oxygen atoms in total. The Kier molecular flexibility index (Phi) is 17.6. The van der Waals surface area contributed by atoms with Crippen molar-refractivity contribution in [1.82, 2.24) is 0 Å². The second-order valence-electron chi connectivity index (χ2n) is 16.0. The van der Waals surface area contributed by atoms with E-state index in [1.807, 2.05) is 72.8 Å². The van der Waals surface area contributed by atoms with E-state index in [9.17, 15) is 0 Å². The third kappa shape index (κ3) is 11.0. The van der Waals surface area contributed by atoms with Crippen molar-refractivity contribution in [2.45, 2.75) is 27.7 Å². The van der Waals surface area contributed by atoms with Crippen molar-refractivity contribution in [2.75, 3.05) is 5.90 Å². The van der Waals surface area contributed by atoms with Crippen LogP contribution in [0.1, 0.15) is 33.4 Å². The molecule has 0 aliphatic carbocycles. The summed E-state index contributed by atoms with van der Waals surface area (Å²) in [5, 5.41) is 15.3. The molecule has 65 heavy (non-hydrogen) atoms. The maximum Gasteiger partial charge on any atom is 1.00 e. The Balaban J connectivity index is 0.000000173. The van der Waals surface area contributed by atoms with Crippen LogP contribution >= 0.6 is 15.8 Å². The van der Waals surface area contributed by atoms with Gasteiger partial charge in [-0.25, -0.2) is 0 Å². The van der Waals surface area contributed by atoms with E-state index < -0.39 is 15.8 Å². The second kappa shape index (κ2) is 23.2. The average Bonchev–Trinajstić information content (AvgIpc) is 3.32. The van der Waals surface area contributed by atoms with E-state index in [4.69, 9.17) is 12.8 Å². The van der Waals surface area contributed by atoms with Crippen molar-refractivity contribution in [3.05, 3.63) is 252 Å². The first-order valence-corrected chi connectivity index (χ1v) is 24.9. The largest absolute Gasteiger partial charge is 1.00 e. The molecule has 0 heterocycles. The molecule has 0 atom stereocenters.